The number of hydrogen-bond donors (Lipinski definition) is 1. The van der Waals surface area contributed by atoms with Crippen LogP contribution in [0.1, 0.15) is 22.0 Å². The molecule has 0 bridgehead atoms. The summed E-state index contributed by atoms with van der Waals surface area (Å²) in [5.74, 6) is -0.126. The van der Waals surface area contributed by atoms with Crippen LogP contribution in [0.3, 0.4) is 0 Å². The molecule has 1 unspecified atom stereocenters. The average Bonchev–Trinajstić information content (AvgIpc) is 2.62. The number of aldehydes is 1. The molecule has 6 heteroatoms. The molecule has 1 aliphatic rings. The summed E-state index contributed by atoms with van der Waals surface area (Å²) in [5.41, 5.74) is 4.09. The van der Waals surface area contributed by atoms with Crippen molar-refractivity contribution in [3.05, 3.63) is 70.2 Å². The van der Waals surface area contributed by atoms with Crippen LogP contribution in [0.25, 0.3) is 0 Å². The van der Waals surface area contributed by atoms with Crippen molar-refractivity contribution in [3.63, 3.8) is 0 Å². The van der Waals surface area contributed by atoms with Gasteiger partial charge in [-0.25, -0.2) is 4.99 Å². The summed E-state index contributed by atoms with van der Waals surface area (Å²) in [4.78, 5) is 28.0. The van der Waals surface area contributed by atoms with E-state index >= 15 is 0 Å². The smallest absolute Gasteiger partial charge is 0.211 e. The number of amidine groups is 1. The molecule has 0 radical (unpaired) electrons. The van der Waals surface area contributed by atoms with Crippen LogP contribution in [-0.2, 0) is 4.79 Å². The largest absolute Gasteiger partial charge is 0.294 e. The number of nitrogens with zero attached hydrogens (tertiary/aromatic N) is 2. The lowest BCUT2D eigenvalue weighted by Crippen LogP contribution is -2.34. The van der Waals surface area contributed by atoms with E-state index in [0.29, 0.717) is 11.8 Å². The Bertz CT molecular complexity index is 798. The zero-order valence-electron chi connectivity index (χ0n) is 11.9. The van der Waals surface area contributed by atoms with Crippen LogP contribution in [-0.4, -0.2) is 23.6 Å². The van der Waals surface area contributed by atoms with Gasteiger partial charge in [0.05, 0.1) is 0 Å². The summed E-state index contributed by atoms with van der Waals surface area (Å²) >= 11 is 3.34. The highest BCUT2D eigenvalue weighted by atomic mass is 79.9. The fourth-order valence-electron chi connectivity index (χ4n) is 2.26. The molecule has 1 N–H and O–H groups in total. The van der Waals surface area contributed by atoms with Crippen LogP contribution < -0.4 is 5.43 Å². The van der Waals surface area contributed by atoms with Gasteiger partial charge >= 0.3 is 0 Å². The number of halogens is 1. The molecule has 0 amide bonds. The second-order valence-electron chi connectivity index (χ2n) is 4.89. The summed E-state index contributed by atoms with van der Waals surface area (Å²) in [7, 11) is 0. The van der Waals surface area contributed by atoms with E-state index in [1.165, 1.54) is 0 Å². The molecule has 114 valence electrons. The third kappa shape index (κ3) is 3.27. The summed E-state index contributed by atoms with van der Waals surface area (Å²) in [6, 6.07) is 15.7. The average molecular weight is 370 g/mol. The van der Waals surface area contributed by atoms with Crippen LogP contribution in [0.5, 0.6) is 0 Å². The van der Waals surface area contributed by atoms with Crippen molar-refractivity contribution < 1.29 is 9.59 Å². The predicted molar refractivity (Wildman–Crippen MR) is 91.7 cm³/mol. The van der Waals surface area contributed by atoms with Gasteiger partial charge in [-0.3, -0.25) is 15.0 Å². The molecule has 0 fully saturated rings. The SMILES string of the molecule is O=CC1=NC(c2ccccc2)C(C(=O)c2ccc(Br)cc2)=NN1. The molecule has 0 aliphatic carbocycles. The lowest BCUT2D eigenvalue weighted by atomic mass is 9.96. The first-order chi connectivity index (χ1) is 11.2. The second-order valence-corrected chi connectivity index (χ2v) is 5.81. The number of nitrogens with one attached hydrogen (secondary N) is 1. The topological polar surface area (TPSA) is 70.9 Å². The number of aliphatic imine (C=N–C) groups is 1. The Morgan fingerprint density at radius 1 is 1.09 bits per heavy atom. The van der Waals surface area contributed by atoms with E-state index in [1.54, 1.807) is 24.3 Å². The highest BCUT2D eigenvalue weighted by Gasteiger charge is 2.28. The summed E-state index contributed by atoms with van der Waals surface area (Å²) in [5, 5.41) is 4.08. The molecule has 0 saturated heterocycles. The maximum absolute atomic E-state index is 12.7. The minimum absolute atomic E-state index is 0.103. The van der Waals surface area contributed by atoms with E-state index in [-0.39, 0.29) is 17.3 Å². The van der Waals surface area contributed by atoms with Crippen LogP contribution in [0.4, 0.5) is 0 Å². The Labute approximate surface area is 141 Å². The predicted octanol–water partition coefficient (Wildman–Crippen LogP) is 2.93. The summed E-state index contributed by atoms with van der Waals surface area (Å²) < 4.78 is 0.888. The minimum atomic E-state index is -0.603. The highest BCUT2D eigenvalue weighted by Crippen LogP contribution is 2.24. The number of carbonyl (C=O) groups excluding carboxylic acids is 2. The van der Waals surface area contributed by atoms with Crippen LogP contribution >= 0.6 is 15.9 Å². The maximum Gasteiger partial charge on any atom is 0.211 e. The molecule has 1 heterocycles. The number of Topliss-reactive ketones (excluding diaryl/α,β-unsaturated/α-hetero) is 1. The van der Waals surface area contributed by atoms with Gasteiger partial charge in [-0.15, -0.1) is 0 Å². The molecule has 3 rings (SSSR count). The second kappa shape index (κ2) is 6.66. The molecule has 1 atom stereocenters. The van der Waals surface area contributed by atoms with E-state index in [4.69, 9.17) is 0 Å². The van der Waals surface area contributed by atoms with Crippen molar-refractivity contribution in [2.45, 2.75) is 6.04 Å². The molecular weight excluding hydrogens is 358 g/mol. The molecule has 0 aromatic heterocycles. The van der Waals surface area contributed by atoms with Gasteiger partial charge in [0.2, 0.25) is 5.78 Å². The zero-order chi connectivity index (χ0) is 16.2. The lowest BCUT2D eigenvalue weighted by Gasteiger charge is -2.20. The number of rotatable bonds is 4. The monoisotopic (exact) mass is 369 g/mol. The highest BCUT2D eigenvalue weighted by molar-refractivity contribution is 9.10. The Morgan fingerprint density at radius 2 is 1.78 bits per heavy atom. The molecule has 2 aromatic rings. The lowest BCUT2D eigenvalue weighted by molar-refractivity contribution is -0.102. The summed E-state index contributed by atoms with van der Waals surface area (Å²) in [6.45, 7) is 0. The molecule has 5 nitrogen and oxygen atoms in total. The molecule has 0 saturated carbocycles. The molecule has 2 aromatic carbocycles. The third-order valence-electron chi connectivity index (χ3n) is 3.38. The Hall–Kier alpha value is -2.60. The van der Waals surface area contributed by atoms with Gasteiger partial charge < -0.3 is 0 Å². The number of hydrazone groups is 1. The van der Waals surface area contributed by atoms with Gasteiger partial charge in [0.25, 0.3) is 0 Å². The van der Waals surface area contributed by atoms with Crippen molar-refractivity contribution in [2.24, 2.45) is 10.1 Å². The quantitative estimate of drug-likeness (QED) is 0.665. The number of hydrogen-bond acceptors (Lipinski definition) is 5. The van der Waals surface area contributed by atoms with Gasteiger partial charge in [0.15, 0.2) is 12.1 Å². The fourth-order valence-corrected chi connectivity index (χ4v) is 2.52. The third-order valence-corrected chi connectivity index (χ3v) is 3.91. The van der Waals surface area contributed by atoms with E-state index in [2.05, 4.69) is 31.4 Å². The van der Waals surface area contributed by atoms with E-state index in [9.17, 15) is 9.59 Å². The van der Waals surface area contributed by atoms with Crippen molar-refractivity contribution in [3.8, 4) is 0 Å². The van der Waals surface area contributed by atoms with Crippen molar-refractivity contribution >= 4 is 39.5 Å². The van der Waals surface area contributed by atoms with Gasteiger partial charge in [-0.05, 0) is 29.8 Å². The van der Waals surface area contributed by atoms with Crippen LogP contribution in [0.2, 0.25) is 0 Å². The number of ketones is 1. The van der Waals surface area contributed by atoms with Gasteiger partial charge in [-0.1, -0.05) is 46.3 Å². The zero-order valence-corrected chi connectivity index (χ0v) is 13.5. The molecule has 1 aliphatic heterocycles. The van der Waals surface area contributed by atoms with E-state index in [1.807, 2.05) is 30.3 Å². The standard InChI is InChI=1S/C17H12BrN3O2/c18-13-8-6-12(7-9-13)17(23)16-15(11-4-2-1-3-5-11)19-14(10-22)20-21-16/h1-10,15H,(H,19,20). The Balaban J connectivity index is 1.99. The molecule has 0 spiro atoms. The normalized spacial score (nSPS) is 16.8. The summed E-state index contributed by atoms with van der Waals surface area (Å²) in [6.07, 6.45) is 0.584. The van der Waals surface area contributed by atoms with E-state index < -0.39 is 6.04 Å². The van der Waals surface area contributed by atoms with E-state index in [0.717, 1.165) is 10.0 Å². The Morgan fingerprint density at radius 3 is 2.43 bits per heavy atom. The molecular formula is C17H12BrN3O2. The van der Waals surface area contributed by atoms with Gasteiger partial charge in [0, 0.05) is 10.0 Å². The first kappa shape index (κ1) is 15.3. The number of benzene rings is 2. The van der Waals surface area contributed by atoms with Crippen molar-refractivity contribution in [2.75, 3.05) is 0 Å². The maximum atomic E-state index is 12.7. The van der Waals surface area contributed by atoms with Crippen molar-refractivity contribution in [1.29, 1.82) is 0 Å². The first-order valence-corrected chi connectivity index (χ1v) is 7.70. The van der Waals surface area contributed by atoms with Gasteiger partial charge in [-0.2, -0.15) is 5.10 Å². The van der Waals surface area contributed by atoms with Crippen LogP contribution in [0.15, 0.2) is 69.2 Å². The minimum Gasteiger partial charge on any atom is -0.294 e. The van der Waals surface area contributed by atoms with Gasteiger partial charge in [0.1, 0.15) is 11.8 Å². The Kier molecular flexibility index (Phi) is 4.43. The fraction of sp³-hybridized carbons (Fsp3) is 0.0588. The molecule has 23 heavy (non-hydrogen) atoms. The number of carbonyl (C=O) groups is 2. The van der Waals surface area contributed by atoms with Crippen LogP contribution in [0, 0.1) is 0 Å². The van der Waals surface area contributed by atoms with Crippen molar-refractivity contribution in [1.82, 2.24) is 5.43 Å². The first-order valence-electron chi connectivity index (χ1n) is 6.91.